The fourth-order valence-electron chi connectivity index (χ4n) is 2.45. The molecule has 2 aromatic rings. The van der Waals surface area contributed by atoms with E-state index in [0.29, 0.717) is 18.1 Å². The summed E-state index contributed by atoms with van der Waals surface area (Å²) in [7, 11) is 1.56. The van der Waals surface area contributed by atoms with Gasteiger partial charge in [-0.25, -0.2) is 4.98 Å². The number of aromatic nitrogens is 3. The number of amides is 1. The Bertz CT molecular complexity index is 672. The van der Waals surface area contributed by atoms with Gasteiger partial charge in [-0.05, 0) is 37.0 Å². The molecule has 6 heteroatoms. The lowest BCUT2D eigenvalue weighted by Gasteiger charge is -2.08. The van der Waals surface area contributed by atoms with Gasteiger partial charge >= 0.3 is 0 Å². The van der Waals surface area contributed by atoms with Gasteiger partial charge in [0.15, 0.2) is 5.69 Å². The number of pyridine rings is 1. The van der Waals surface area contributed by atoms with Gasteiger partial charge in [0, 0.05) is 18.3 Å². The Morgan fingerprint density at radius 1 is 1.38 bits per heavy atom. The summed E-state index contributed by atoms with van der Waals surface area (Å²) in [5.74, 6) is 0.279. The number of carbonyl (C=O) groups excluding carboxylic acids is 1. The Balaban J connectivity index is 1.69. The van der Waals surface area contributed by atoms with Crippen LogP contribution in [0.2, 0.25) is 0 Å². The number of hydrogen-bond acceptors (Lipinski definition) is 5. The van der Waals surface area contributed by atoms with Crippen molar-refractivity contribution in [1.29, 1.82) is 0 Å². The fraction of sp³-hybridized carbons (Fsp3) is 0.333. The van der Waals surface area contributed by atoms with Crippen LogP contribution in [0.25, 0.3) is 0 Å². The molecular weight excluding hydrogens is 268 g/mol. The number of carbonyl (C=O) groups is 1. The maximum Gasteiger partial charge on any atom is 0.272 e. The molecule has 0 saturated carbocycles. The molecule has 0 radical (unpaired) electrons. The molecule has 6 nitrogen and oxygen atoms in total. The van der Waals surface area contributed by atoms with Crippen molar-refractivity contribution in [2.75, 3.05) is 7.11 Å². The third-order valence-electron chi connectivity index (χ3n) is 3.54. The summed E-state index contributed by atoms with van der Waals surface area (Å²) in [4.78, 5) is 16.2. The van der Waals surface area contributed by atoms with Gasteiger partial charge in [0.2, 0.25) is 5.88 Å². The number of hydrogen-bond donors (Lipinski definition) is 1. The van der Waals surface area contributed by atoms with E-state index < -0.39 is 0 Å². The van der Waals surface area contributed by atoms with Gasteiger partial charge in [-0.3, -0.25) is 4.79 Å². The molecule has 2 heterocycles. The Morgan fingerprint density at radius 3 is 3.14 bits per heavy atom. The molecule has 1 aliphatic rings. The van der Waals surface area contributed by atoms with Gasteiger partial charge in [-0.15, -0.1) is 5.10 Å². The van der Waals surface area contributed by atoms with Gasteiger partial charge in [0.05, 0.1) is 12.8 Å². The van der Waals surface area contributed by atoms with Gasteiger partial charge in [0.25, 0.3) is 5.91 Å². The summed E-state index contributed by atoms with van der Waals surface area (Å²) < 4.78 is 5.15. The molecule has 0 bridgehead atoms. The lowest BCUT2D eigenvalue weighted by atomic mass is 10.2. The highest BCUT2D eigenvalue weighted by Crippen LogP contribution is 2.19. The van der Waals surface area contributed by atoms with Gasteiger partial charge in [-0.1, -0.05) is 6.07 Å². The van der Waals surface area contributed by atoms with Crippen LogP contribution in [0.1, 0.15) is 33.7 Å². The van der Waals surface area contributed by atoms with E-state index in [2.05, 4.69) is 20.5 Å². The third kappa shape index (κ3) is 2.84. The van der Waals surface area contributed by atoms with Gasteiger partial charge in [-0.2, -0.15) is 5.10 Å². The third-order valence-corrected chi connectivity index (χ3v) is 3.54. The van der Waals surface area contributed by atoms with Crippen molar-refractivity contribution >= 4 is 5.91 Å². The van der Waals surface area contributed by atoms with E-state index in [1.165, 1.54) is 0 Å². The number of fused-ring (bicyclic) bond motifs is 1. The van der Waals surface area contributed by atoms with E-state index in [1.54, 1.807) is 19.4 Å². The largest absolute Gasteiger partial charge is 0.481 e. The highest BCUT2D eigenvalue weighted by Gasteiger charge is 2.17. The molecule has 0 aliphatic heterocycles. The summed E-state index contributed by atoms with van der Waals surface area (Å²) >= 11 is 0. The molecule has 1 N–H and O–H groups in total. The van der Waals surface area contributed by atoms with Crippen LogP contribution in [0.4, 0.5) is 0 Å². The highest BCUT2D eigenvalue weighted by molar-refractivity contribution is 5.92. The minimum atomic E-state index is -0.233. The van der Waals surface area contributed by atoms with E-state index in [1.807, 2.05) is 12.1 Å². The monoisotopic (exact) mass is 284 g/mol. The molecule has 108 valence electrons. The maximum atomic E-state index is 12.1. The molecule has 21 heavy (non-hydrogen) atoms. The van der Waals surface area contributed by atoms with Gasteiger partial charge in [0.1, 0.15) is 0 Å². The number of nitrogens with zero attached hydrogens (tertiary/aromatic N) is 3. The molecule has 0 aromatic carbocycles. The van der Waals surface area contributed by atoms with Crippen LogP contribution < -0.4 is 10.1 Å². The van der Waals surface area contributed by atoms with E-state index in [9.17, 15) is 4.79 Å². The predicted molar refractivity (Wildman–Crippen MR) is 76.0 cm³/mol. The van der Waals surface area contributed by atoms with Crippen LogP contribution >= 0.6 is 0 Å². The summed E-state index contributed by atoms with van der Waals surface area (Å²) in [6, 6.07) is 5.50. The van der Waals surface area contributed by atoms with Crippen LogP contribution in [0.3, 0.4) is 0 Å². The topological polar surface area (TPSA) is 77.0 Å². The molecule has 1 amide bonds. The first-order valence-electron chi connectivity index (χ1n) is 6.89. The van der Waals surface area contributed by atoms with Gasteiger partial charge < -0.3 is 10.1 Å². The Labute approximate surface area is 122 Å². The van der Waals surface area contributed by atoms with Crippen molar-refractivity contribution < 1.29 is 9.53 Å². The smallest absolute Gasteiger partial charge is 0.272 e. The van der Waals surface area contributed by atoms with E-state index in [4.69, 9.17) is 4.74 Å². The zero-order valence-electron chi connectivity index (χ0n) is 11.8. The van der Waals surface area contributed by atoms with E-state index >= 15 is 0 Å². The Morgan fingerprint density at radius 2 is 2.29 bits per heavy atom. The molecule has 0 spiro atoms. The molecule has 0 saturated heterocycles. The summed E-state index contributed by atoms with van der Waals surface area (Å²) in [6.45, 7) is 0.342. The van der Waals surface area contributed by atoms with Crippen molar-refractivity contribution in [2.24, 2.45) is 0 Å². The van der Waals surface area contributed by atoms with Crippen LogP contribution in [0.5, 0.6) is 5.88 Å². The molecule has 0 unspecified atom stereocenters. The van der Waals surface area contributed by atoms with Crippen LogP contribution in [0, 0.1) is 0 Å². The lowest BCUT2D eigenvalue weighted by molar-refractivity contribution is 0.0944. The normalized spacial score (nSPS) is 12.8. The zero-order valence-corrected chi connectivity index (χ0v) is 11.8. The minimum Gasteiger partial charge on any atom is -0.481 e. The van der Waals surface area contributed by atoms with Crippen LogP contribution in [-0.4, -0.2) is 28.2 Å². The number of nitrogens with one attached hydrogen (secondary N) is 1. The quantitative estimate of drug-likeness (QED) is 0.915. The summed E-state index contributed by atoms with van der Waals surface area (Å²) in [6.07, 6.45) is 4.66. The van der Waals surface area contributed by atoms with Crippen LogP contribution in [0.15, 0.2) is 24.4 Å². The first-order valence-corrected chi connectivity index (χ1v) is 6.89. The average Bonchev–Trinajstić information content (AvgIpc) is 3.00. The van der Waals surface area contributed by atoms with E-state index in [0.717, 1.165) is 36.1 Å². The number of rotatable bonds is 4. The molecule has 3 rings (SSSR count). The number of methoxy groups -OCH3 is 1. The number of aryl methyl sites for hydroxylation is 2. The molecule has 1 aliphatic carbocycles. The summed E-state index contributed by atoms with van der Waals surface area (Å²) in [5, 5.41) is 10.9. The lowest BCUT2D eigenvalue weighted by Crippen LogP contribution is -2.24. The Hall–Kier alpha value is -2.50. The van der Waals surface area contributed by atoms with Crippen LogP contribution in [-0.2, 0) is 19.4 Å². The number of ether oxygens (including phenoxy) is 1. The average molecular weight is 284 g/mol. The minimum absolute atomic E-state index is 0.233. The molecule has 2 aromatic heterocycles. The van der Waals surface area contributed by atoms with Crippen molar-refractivity contribution in [1.82, 2.24) is 20.5 Å². The second-order valence-corrected chi connectivity index (χ2v) is 4.91. The standard InChI is InChI=1S/C15H16N4O2/c1-21-15-11(5-3-7-16-15)9-17-14(20)13-8-10-4-2-6-12(10)18-19-13/h3,5,7-8H,2,4,6,9H2,1H3,(H,17,20). The second-order valence-electron chi connectivity index (χ2n) is 4.91. The molecule has 0 fully saturated rings. The highest BCUT2D eigenvalue weighted by atomic mass is 16.5. The van der Waals surface area contributed by atoms with Crippen molar-refractivity contribution in [3.05, 3.63) is 46.9 Å². The first kappa shape index (κ1) is 13.5. The molecular formula is C15H16N4O2. The van der Waals surface area contributed by atoms with Crippen molar-refractivity contribution in [3.8, 4) is 5.88 Å². The fourth-order valence-corrected chi connectivity index (χ4v) is 2.45. The maximum absolute atomic E-state index is 12.1. The van der Waals surface area contributed by atoms with E-state index in [-0.39, 0.29) is 5.91 Å². The van der Waals surface area contributed by atoms with Crippen molar-refractivity contribution in [3.63, 3.8) is 0 Å². The SMILES string of the molecule is COc1ncccc1CNC(=O)c1cc2c(nn1)CCC2. The Kier molecular flexibility index (Phi) is 3.77. The first-order chi connectivity index (χ1) is 10.3. The molecule has 0 atom stereocenters. The summed E-state index contributed by atoms with van der Waals surface area (Å²) in [5.41, 5.74) is 3.33. The second kappa shape index (κ2) is 5.87. The zero-order chi connectivity index (χ0) is 14.7. The van der Waals surface area contributed by atoms with Crippen molar-refractivity contribution in [2.45, 2.75) is 25.8 Å². The predicted octanol–water partition coefficient (Wildman–Crippen LogP) is 1.30.